The summed E-state index contributed by atoms with van der Waals surface area (Å²) in [7, 11) is 0. The topological polar surface area (TPSA) is 15.3 Å². The standard InChI is InChI=1S/C13H26N2/c1-5-10-14-11-8-9-13(4)15(7-3)12-6-2/h2,13-14H,5,7-12H2,1,3-4H3. The van der Waals surface area contributed by atoms with Gasteiger partial charge in [0.1, 0.15) is 0 Å². The molecule has 0 aromatic carbocycles. The van der Waals surface area contributed by atoms with Crippen LogP contribution in [-0.4, -0.2) is 37.1 Å². The summed E-state index contributed by atoms with van der Waals surface area (Å²) >= 11 is 0. The van der Waals surface area contributed by atoms with Gasteiger partial charge in [-0.25, -0.2) is 0 Å². The minimum absolute atomic E-state index is 0.606. The van der Waals surface area contributed by atoms with Crippen LogP contribution in [-0.2, 0) is 0 Å². The first-order valence-electron chi connectivity index (χ1n) is 6.14. The van der Waals surface area contributed by atoms with Gasteiger partial charge in [0.25, 0.3) is 0 Å². The number of hydrogen-bond donors (Lipinski definition) is 1. The third kappa shape index (κ3) is 7.41. The van der Waals surface area contributed by atoms with Crippen LogP contribution in [0.3, 0.4) is 0 Å². The van der Waals surface area contributed by atoms with Crippen LogP contribution >= 0.6 is 0 Å². The smallest absolute Gasteiger partial charge is 0.0601 e. The number of hydrogen-bond acceptors (Lipinski definition) is 2. The van der Waals surface area contributed by atoms with Gasteiger partial charge in [-0.1, -0.05) is 19.8 Å². The zero-order valence-corrected chi connectivity index (χ0v) is 10.6. The second kappa shape index (κ2) is 10.0. The molecule has 0 saturated heterocycles. The Morgan fingerprint density at radius 1 is 1.33 bits per heavy atom. The minimum Gasteiger partial charge on any atom is -0.317 e. The normalized spacial score (nSPS) is 12.7. The third-order valence-electron chi connectivity index (χ3n) is 2.73. The highest BCUT2D eigenvalue weighted by Gasteiger charge is 2.09. The van der Waals surface area contributed by atoms with Crippen LogP contribution < -0.4 is 5.32 Å². The van der Waals surface area contributed by atoms with Gasteiger partial charge in [-0.2, -0.15) is 0 Å². The number of terminal acetylenes is 1. The monoisotopic (exact) mass is 210 g/mol. The van der Waals surface area contributed by atoms with Crippen molar-refractivity contribution in [2.24, 2.45) is 0 Å². The predicted octanol–water partition coefficient (Wildman–Crippen LogP) is 2.11. The molecule has 0 aliphatic carbocycles. The summed E-state index contributed by atoms with van der Waals surface area (Å²) in [6, 6.07) is 0.606. The van der Waals surface area contributed by atoms with E-state index in [-0.39, 0.29) is 0 Å². The molecule has 2 nitrogen and oxygen atoms in total. The highest BCUT2D eigenvalue weighted by Crippen LogP contribution is 2.05. The van der Waals surface area contributed by atoms with Gasteiger partial charge in [0, 0.05) is 6.04 Å². The van der Waals surface area contributed by atoms with Crippen LogP contribution in [0.25, 0.3) is 0 Å². The van der Waals surface area contributed by atoms with Crippen molar-refractivity contribution >= 4 is 0 Å². The largest absolute Gasteiger partial charge is 0.317 e. The molecule has 0 fully saturated rings. The van der Waals surface area contributed by atoms with Gasteiger partial charge in [0.05, 0.1) is 6.54 Å². The van der Waals surface area contributed by atoms with Crippen LogP contribution in [0.1, 0.15) is 40.0 Å². The highest BCUT2D eigenvalue weighted by atomic mass is 15.1. The van der Waals surface area contributed by atoms with Gasteiger partial charge in [-0.15, -0.1) is 6.42 Å². The Bertz CT molecular complexity index is 172. The van der Waals surface area contributed by atoms with Crippen LogP contribution in [0.15, 0.2) is 0 Å². The van der Waals surface area contributed by atoms with E-state index in [1.165, 1.54) is 19.3 Å². The average Bonchev–Trinajstić information content (AvgIpc) is 2.25. The van der Waals surface area contributed by atoms with Crippen LogP contribution in [0.2, 0.25) is 0 Å². The van der Waals surface area contributed by atoms with Crippen molar-refractivity contribution in [3.63, 3.8) is 0 Å². The van der Waals surface area contributed by atoms with E-state index in [0.29, 0.717) is 6.04 Å². The lowest BCUT2D eigenvalue weighted by molar-refractivity contribution is 0.232. The Morgan fingerprint density at radius 2 is 2.07 bits per heavy atom. The molecule has 15 heavy (non-hydrogen) atoms. The van der Waals surface area contributed by atoms with Crippen molar-refractivity contribution in [3.05, 3.63) is 0 Å². The fraction of sp³-hybridized carbons (Fsp3) is 0.846. The van der Waals surface area contributed by atoms with Gasteiger partial charge < -0.3 is 5.32 Å². The highest BCUT2D eigenvalue weighted by molar-refractivity contribution is 4.89. The number of nitrogens with zero attached hydrogens (tertiary/aromatic N) is 1. The lowest BCUT2D eigenvalue weighted by atomic mass is 10.1. The first-order chi connectivity index (χ1) is 7.26. The van der Waals surface area contributed by atoms with E-state index in [1.807, 2.05) is 0 Å². The van der Waals surface area contributed by atoms with Crippen molar-refractivity contribution in [2.75, 3.05) is 26.2 Å². The molecule has 0 saturated carbocycles. The summed E-state index contributed by atoms with van der Waals surface area (Å²) in [6.45, 7) is 10.7. The van der Waals surface area contributed by atoms with Crippen LogP contribution in [0.5, 0.6) is 0 Å². The Balaban J connectivity index is 3.53. The van der Waals surface area contributed by atoms with Crippen molar-refractivity contribution < 1.29 is 0 Å². The molecular weight excluding hydrogens is 184 g/mol. The Hall–Kier alpha value is -0.520. The van der Waals surface area contributed by atoms with Crippen LogP contribution in [0.4, 0.5) is 0 Å². The fourth-order valence-corrected chi connectivity index (χ4v) is 1.70. The summed E-state index contributed by atoms with van der Waals surface area (Å²) in [5, 5.41) is 3.42. The van der Waals surface area contributed by atoms with Gasteiger partial charge in [-0.3, -0.25) is 4.90 Å². The maximum absolute atomic E-state index is 5.33. The van der Waals surface area contributed by atoms with E-state index < -0.39 is 0 Å². The second-order valence-electron chi connectivity index (χ2n) is 4.01. The van der Waals surface area contributed by atoms with Gasteiger partial charge in [-0.05, 0) is 45.8 Å². The molecule has 0 rings (SSSR count). The first-order valence-corrected chi connectivity index (χ1v) is 6.14. The number of nitrogens with one attached hydrogen (secondary N) is 1. The molecular formula is C13H26N2. The molecule has 2 heteroatoms. The molecule has 0 radical (unpaired) electrons. The zero-order valence-electron chi connectivity index (χ0n) is 10.6. The maximum atomic E-state index is 5.33. The molecule has 1 atom stereocenters. The molecule has 1 N–H and O–H groups in total. The van der Waals surface area contributed by atoms with E-state index in [0.717, 1.165) is 26.2 Å². The van der Waals surface area contributed by atoms with Gasteiger partial charge in [0.15, 0.2) is 0 Å². The molecule has 0 aliphatic heterocycles. The summed E-state index contributed by atoms with van der Waals surface area (Å²) in [5.74, 6) is 2.72. The van der Waals surface area contributed by atoms with Crippen molar-refractivity contribution in [3.8, 4) is 12.3 Å². The van der Waals surface area contributed by atoms with E-state index in [1.54, 1.807) is 0 Å². The summed E-state index contributed by atoms with van der Waals surface area (Å²) in [5.41, 5.74) is 0. The Labute approximate surface area is 95.4 Å². The Kier molecular flexibility index (Phi) is 9.67. The first kappa shape index (κ1) is 14.5. The van der Waals surface area contributed by atoms with E-state index >= 15 is 0 Å². The molecule has 88 valence electrons. The van der Waals surface area contributed by atoms with Crippen molar-refractivity contribution in [1.29, 1.82) is 0 Å². The second-order valence-corrected chi connectivity index (χ2v) is 4.01. The van der Waals surface area contributed by atoms with E-state index in [4.69, 9.17) is 6.42 Å². The molecule has 0 aliphatic rings. The average molecular weight is 210 g/mol. The molecule has 0 aromatic heterocycles. The Morgan fingerprint density at radius 3 is 2.60 bits per heavy atom. The molecule has 0 bridgehead atoms. The lowest BCUT2D eigenvalue weighted by Gasteiger charge is -2.25. The quantitative estimate of drug-likeness (QED) is 0.463. The van der Waals surface area contributed by atoms with E-state index in [2.05, 4.69) is 36.9 Å². The third-order valence-corrected chi connectivity index (χ3v) is 2.73. The zero-order chi connectivity index (χ0) is 11.5. The van der Waals surface area contributed by atoms with Gasteiger partial charge >= 0.3 is 0 Å². The molecule has 0 heterocycles. The van der Waals surface area contributed by atoms with Crippen molar-refractivity contribution in [2.45, 2.75) is 46.1 Å². The van der Waals surface area contributed by atoms with Gasteiger partial charge in [0.2, 0.25) is 0 Å². The van der Waals surface area contributed by atoms with Crippen molar-refractivity contribution in [1.82, 2.24) is 10.2 Å². The molecule has 0 amide bonds. The summed E-state index contributed by atoms with van der Waals surface area (Å²) in [6.07, 6.45) is 9.02. The molecule has 0 aromatic rings. The number of rotatable bonds is 9. The summed E-state index contributed by atoms with van der Waals surface area (Å²) in [4.78, 5) is 2.35. The van der Waals surface area contributed by atoms with Crippen LogP contribution in [0, 0.1) is 12.3 Å². The summed E-state index contributed by atoms with van der Waals surface area (Å²) < 4.78 is 0. The molecule has 1 unspecified atom stereocenters. The SMILES string of the molecule is C#CCN(CC)C(C)CCCNCCC. The lowest BCUT2D eigenvalue weighted by Crippen LogP contribution is -2.33. The fourth-order valence-electron chi connectivity index (χ4n) is 1.70. The molecule has 0 spiro atoms. The minimum atomic E-state index is 0.606. The maximum Gasteiger partial charge on any atom is 0.0601 e. The predicted molar refractivity (Wildman–Crippen MR) is 67.9 cm³/mol. The van der Waals surface area contributed by atoms with E-state index in [9.17, 15) is 0 Å².